The molecule has 0 fully saturated rings. The van der Waals surface area contributed by atoms with Gasteiger partial charge in [-0.25, -0.2) is 0 Å². The lowest BCUT2D eigenvalue weighted by Crippen LogP contribution is -2.11. The van der Waals surface area contributed by atoms with Crippen molar-refractivity contribution < 1.29 is 4.79 Å². The fourth-order valence-corrected chi connectivity index (χ4v) is 2.07. The van der Waals surface area contributed by atoms with E-state index in [-0.39, 0.29) is 0 Å². The van der Waals surface area contributed by atoms with Gasteiger partial charge in [0.2, 0.25) is 5.91 Å². The molecule has 21 heavy (non-hydrogen) atoms. The molecule has 3 rings (SSSR count). The van der Waals surface area contributed by atoms with Gasteiger partial charge in [0.05, 0.1) is 11.3 Å². The molecule has 0 atom stereocenters. The number of hydrogen-bond donors (Lipinski definition) is 1. The van der Waals surface area contributed by atoms with Crippen LogP contribution in [0.2, 0.25) is 0 Å². The highest BCUT2D eigenvalue weighted by atomic mass is 16.1. The molecule has 5 nitrogen and oxygen atoms in total. The Bertz CT molecular complexity index is 773. The summed E-state index contributed by atoms with van der Waals surface area (Å²) in [6.45, 7) is 0. The Morgan fingerprint density at radius 2 is 1.62 bits per heavy atom. The van der Waals surface area contributed by atoms with Crippen molar-refractivity contribution in [3.05, 3.63) is 66.9 Å². The third-order valence-electron chi connectivity index (χ3n) is 3.08. The van der Waals surface area contributed by atoms with Gasteiger partial charge in [-0.15, -0.1) is 0 Å². The van der Waals surface area contributed by atoms with Gasteiger partial charge in [0.25, 0.3) is 0 Å². The lowest BCUT2D eigenvalue weighted by molar-refractivity contribution is 0.1000. The summed E-state index contributed by atoms with van der Waals surface area (Å²) in [5.74, 6) is -0.509. The number of nitrogens with zero attached hydrogens (tertiary/aromatic N) is 3. The van der Waals surface area contributed by atoms with E-state index in [1.807, 2.05) is 24.3 Å². The number of pyridine rings is 3. The Morgan fingerprint density at radius 1 is 0.952 bits per heavy atom. The second kappa shape index (κ2) is 5.50. The van der Waals surface area contributed by atoms with Crippen molar-refractivity contribution >= 4 is 5.91 Å². The molecule has 0 spiro atoms. The second-order valence-electron chi connectivity index (χ2n) is 4.47. The molecule has 0 aromatic carbocycles. The molecule has 0 unspecified atom stereocenters. The Morgan fingerprint density at radius 3 is 2.19 bits per heavy atom. The molecule has 0 aliphatic carbocycles. The van der Waals surface area contributed by atoms with E-state index in [0.29, 0.717) is 5.56 Å². The van der Waals surface area contributed by atoms with Gasteiger partial charge < -0.3 is 5.73 Å². The second-order valence-corrected chi connectivity index (χ2v) is 4.47. The maximum Gasteiger partial charge on any atom is 0.250 e. The zero-order valence-electron chi connectivity index (χ0n) is 11.1. The minimum atomic E-state index is -0.509. The molecule has 102 valence electrons. The zero-order valence-corrected chi connectivity index (χ0v) is 11.1. The Kier molecular flexibility index (Phi) is 3.39. The molecule has 0 saturated heterocycles. The average Bonchev–Trinajstić information content (AvgIpc) is 2.56. The standard InChI is InChI=1S/C16H12N4O/c17-16(21)13-7-14(11-3-1-5-18-8-11)15(20-10-13)12-4-2-6-19-9-12/h1-10H,(H2,17,21). The van der Waals surface area contributed by atoms with Gasteiger partial charge >= 0.3 is 0 Å². The highest BCUT2D eigenvalue weighted by Crippen LogP contribution is 2.30. The maximum atomic E-state index is 11.4. The van der Waals surface area contributed by atoms with Crippen molar-refractivity contribution in [1.82, 2.24) is 15.0 Å². The predicted molar refractivity (Wildman–Crippen MR) is 79.2 cm³/mol. The van der Waals surface area contributed by atoms with Gasteiger partial charge in [0.1, 0.15) is 0 Å². The van der Waals surface area contributed by atoms with E-state index in [4.69, 9.17) is 5.73 Å². The lowest BCUT2D eigenvalue weighted by Gasteiger charge is -2.10. The number of rotatable bonds is 3. The van der Waals surface area contributed by atoms with Crippen LogP contribution in [0.4, 0.5) is 0 Å². The van der Waals surface area contributed by atoms with Crippen molar-refractivity contribution in [3.8, 4) is 22.4 Å². The van der Waals surface area contributed by atoms with Crippen LogP contribution in [-0.2, 0) is 0 Å². The quantitative estimate of drug-likeness (QED) is 0.795. The zero-order chi connectivity index (χ0) is 14.7. The van der Waals surface area contributed by atoms with Crippen LogP contribution in [0.5, 0.6) is 0 Å². The first-order valence-corrected chi connectivity index (χ1v) is 6.36. The third-order valence-corrected chi connectivity index (χ3v) is 3.08. The monoisotopic (exact) mass is 276 g/mol. The number of nitrogens with two attached hydrogens (primary N) is 1. The van der Waals surface area contributed by atoms with Crippen molar-refractivity contribution in [2.75, 3.05) is 0 Å². The Hall–Kier alpha value is -3.08. The van der Waals surface area contributed by atoms with Gasteiger partial charge in [-0.05, 0) is 24.3 Å². The summed E-state index contributed by atoms with van der Waals surface area (Å²) in [5, 5.41) is 0. The smallest absolute Gasteiger partial charge is 0.250 e. The molecule has 2 N–H and O–H groups in total. The van der Waals surface area contributed by atoms with Gasteiger partial charge in [-0.3, -0.25) is 19.7 Å². The first-order chi connectivity index (χ1) is 10.3. The van der Waals surface area contributed by atoms with Gasteiger partial charge in [0, 0.05) is 47.7 Å². The number of carbonyl (C=O) groups excluding carboxylic acids is 1. The minimum absolute atomic E-state index is 0.362. The first-order valence-electron chi connectivity index (χ1n) is 6.36. The molecule has 1 amide bonds. The molecule has 0 saturated carbocycles. The molecule has 0 radical (unpaired) electrons. The van der Waals surface area contributed by atoms with E-state index in [0.717, 1.165) is 22.4 Å². The van der Waals surface area contributed by atoms with Gasteiger partial charge in [0.15, 0.2) is 0 Å². The molecule has 0 bridgehead atoms. The van der Waals surface area contributed by atoms with Gasteiger partial charge in [-0.1, -0.05) is 6.07 Å². The minimum Gasteiger partial charge on any atom is -0.366 e. The lowest BCUT2D eigenvalue weighted by atomic mass is 10.00. The molecular weight excluding hydrogens is 264 g/mol. The molecule has 5 heteroatoms. The summed E-state index contributed by atoms with van der Waals surface area (Å²) < 4.78 is 0. The number of carbonyl (C=O) groups is 1. The SMILES string of the molecule is NC(=O)c1cnc(-c2cccnc2)c(-c2cccnc2)c1. The number of aromatic nitrogens is 3. The van der Waals surface area contributed by atoms with Crippen LogP contribution in [0.3, 0.4) is 0 Å². The van der Waals surface area contributed by atoms with Crippen LogP contribution in [0.1, 0.15) is 10.4 Å². The van der Waals surface area contributed by atoms with E-state index in [1.165, 1.54) is 6.20 Å². The molecule has 3 aromatic heterocycles. The number of amides is 1. The Balaban J connectivity index is 2.23. The van der Waals surface area contributed by atoms with Crippen LogP contribution >= 0.6 is 0 Å². The van der Waals surface area contributed by atoms with E-state index >= 15 is 0 Å². The molecule has 0 aliphatic rings. The van der Waals surface area contributed by atoms with E-state index in [2.05, 4.69) is 15.0 Å². The molecule has 3 aromatic rings. The van der Waals surface area contributed by atoms with Crippen LogP contribution in [0, 0.1) is 0 Å². The van der Waals surface area contributed by atoms with Gasteiger partial charge in [-0.2, -0.15) is 0 Å². The third kappa shape index (κ3) is 2.62. The Labute approximate surface area is 121 Å². The highest BCUT2D eigenvalue weighted by molar-refractivity contribution is 5.95. The van der Waals surface area contributed by atoms with Crippen LogP contribution in [0.25, 0.3) is 22.4 Å². The predicted octanol–water partition coefficient (Wildman–Crippen LogP) is 2.30. The van der Waals surface area contributed by atoms with E-state index in [9.17, 15) is 4.79 Å². The number of hydrogen-bond acceptors (Lipinski definition) is 4. The molecule has 3 heterocycles. The van der Waals surface area contributed by atoms with E-state index in [1.54, 1.807) is 30.9 Å². The highest BCUT2D eigenvalue weighted by Gasteiger charge is 2.12. The van der Waals surface area contributed by atoms with Crippen molar-refractivity contribution in [2.45, 2.75) is 0 Å². The molecular formula is C16H12N4O. The van der Waals surface area contributed by atoms with Crippen molar-refractivity contribution in [1.29, 1.82) is 0 Å². The van der Waals surface area contributed by atoms with Crippen LogP contribution < -0.4 is 5.73 Å². The average molecular weight is 276 g/mol. The largest absolute Gasteiger partial charge is 0.366 e. The maximum absolute atomic E-state index is 11.4. The summed E-state index contributed by atoms with van der Waals surface area (Å²) in [7, 11) is 0. The fourth-order valence-electron chi connectivity index (χ4n) is 2.07. The van der Waals surface area contributed by atoms with E-state index < -0.39 is 5.91 Å². The van der Waals surface area contributed by atoms with Crippen molar-refractivity contribution in [2.24, 2.45) is 5.73 Å². The summed E-state index contributed by atoms with van der Waals surface area (Å²) >= 11 is 0. The summed E-state index contributed by atoms with van der Waals surface area (Å²) in [5.41, 5.74) is 8.98. The van der Waals surface area contributed by atoms with Crippen molar-refractivity contribution in [3.63, 3.8) is 0 Å². The van der Waals surface area contributed by atoms with Crippen LogP contribution in [0.15, 0.2) is 61.3 Å². The number of primary amides is 1. The van der Waals surface area contributed by atoms with Crippen LogP contribution in [-0.4, -0.2) is 20.9 Å². The summed E-state index contributed by atoms with van der Waals surface area (Å²) in [6.07, 6.45) is 8.32. The normalized spacial score (nSPS) is 10.3. The summed E-state index contributed by atoms with van der Waals surface area (Å²) in [6, 6.07) is 9.23. The fraction of sp³-hybridized carbons (Fsp3) is 0. The topological polar surface area (TPSA) is 81.8 Å². The molecule has 0 aliphatic heterocycles. The summed E-state index contributed by atoms with van der Waals surface area (Å²) in [4.78, 5) is 24.0. The first kappa shape index (κ1) is 12.9.